The molecule has 0 unspecified atom stereocenters. The number of hydrogen-bond acceptors (Lipinski definition) is 6. The Labute approximate surface area is 197 Å². The number of anilines is 1. The van der Waals surface area contributed by atoms with Crippen molar-refractivity contribution >= 4 is 23.4 Å². The van der Waals surface area contributed by atoms with Gasteiger partial charge >= 0.3 is 0 Å². The minimum Gasteiger partial charge on any atom is -0.493 e. The number of ether oxygens (including phenoxy) is 3. The molecule has 3 aliphatic rings. The van der Waals surface area contributed by atoms with Gasteiger partial charge in [-0.1, -0.05) is 18.2 Å². The zero-order valence-corrected chi connectivity index (χ0v) is 19.2. The van der Waals surface area contributed by atoms with Crippen LogP contribution in [0.3, 0.4) is 0 Å². The van der Waals surface area contributed by atoms with E-state index in [1.807, 2.05) is 0 Å². The van der Waals surface area contributed by atoms with Crippen molar-refractivity contribution < 1.29 is 28.6 Å². The topological polar surface area (TPSA) is 97.4 Å². The van der Waals surface area contributed by atoms with Crippen LogP contribution in [0.5, 0.6) is 11.5 Å². The Kier molecular flexibility index (Phi) is 5.87. The summed E-state index contributed by atoms with van der Waals surface area (Å²) in [6.07, 6.45) is 1.05. The average Bonchev–Trinajstić information content (AvgIpc) is 3.17. The van der Waals surface area contributed by atoms with Gasteiger partial charge in [0.1, 0.15) is 12.7 Å². The normalized spacial score (nSPS) is 19.4. The van der Waals surface area contributed by atoms with Crippen LogP contribution in [-0.2, 0) is 9.53 Å². The molecule has 0 aliphatic carbocycles. The number of hydrogen-bond donors (Lipinski definition) is 1. The molecule has 9 heteroatoms. The smallest absolute Gasteiger partial charge is 0.264 e. The molecule has 2 aromatic carbocycles. The number of rotatable bonds is 6. The van der Waals surface area contributed by atoms with E-state index in [2.05, 4.69) is 5.32 Å². The number of carbonyl (C=O) groups is 3. The molecule has 3 aliphatic heterocycles. The largest absolute Gasteiger partial charge is 0.493 e. The van der Waals surface area contributed by atoms with Crippen LogP contribution in [0.4, 0.5) is 5.69 Å². The molecule has 2 aromatic rings. The highest BCUT2D eigenvalue weighted by atomic mass is 16.5. The van der Waals surface area contributed by atoms with Crippen molar-refractivity contribution in [1.82, 2.24) is 10.2 Å². The number of benzene rings is 2. The molecule has 34 heavy (non-hydrogen) atoms. The first kappa shape index (κ1) is 22.2. The molecule has 1 saturated heterocycles. The predicted molar refractivity (Wildman–Crippen MR) is 123 cm³/mol. The van der Waals surface area contributed by atoms with Crippen LogP contribution in [0.2, 0.25) is 0 Å². The van der Waals surface area contributed by atoms with Crippen LogP contribution in [0.25, 0.3) is 0 Å². The molecule has 1 fully saturated rings. The fraction of sp³-hybridized carbons (Fsp3) is 0.400. The first-order chi connectivity index (χ1) is 16.5. The minimum atomic E-state index is -0.751. The fourth-order valence-electron chi connectivity index (χ4n) is 5.00. The van der Waals surface area contributed by atoms with Crippen LogP contribution in [0, 0.1) is 5.92 Å². The highest BCUT2D eigenvalue weighted by Gasteiger charge is 2.50. The summed E-state index contributed by atoms with van der Waals surface area (Å²) in [5.74, 6) is 0.234. The third kappa shape index (κ3) is 3.56. The van der Waals surface area contributed by atoms with Gasteiger partial charge in [0, 0.05) is 25.3 Å². The lowest BCUT2D eigenvalue weighted by Crippen LogP contribution is -2.51. The molecule has 9 nitrogen and oxygen atoms in total. The first-order valence-electron chi connectivity index (χ1n) is 11.4. The third-order valence-corrected chi connectivity index (χ3v) is 6.73. The number of para-hydroxylation sites is 1. The van der Waals surface area contributed by atoms with Gasteiger partial charge in [0.05, 0.1) is 31.0 Å². The van der Waals surface area contributed by atoms with Crippen molar-refractivity contribution in [2.45, 2.75) is 19.0 Å². The summed E-state index contributed by atoms with van der Waals surface area (Å²) in [6, 6.07) is 10.4. The lowest BCUT2D eigenvalue weighted by molar-refractivity contribution is -0.122. The summed E-state index contributed by atoms with van der Waals surface area (Å²) in [5.41, 5.74) is 1.83. The van der Waals surface area contributed by atoms with Crippen LogP contribution in [-0.4, -0.2) is 63.1 Å². The Morgan fingerprint density at radius 3 is 2.56 bits per heavy atom. The zero-order valence-electron chi connectivity index (χ0n) is 19.2. The molecule has 178 valence electrons. The quantitative estimate of drug-likeness (QED) is 0.704. The van der Waals surface area contributed by atoms with Crippen molar-refractivity contribution in [3.8, 4) is 11.5 Å². The second kappa shape index (κ2) is 8.98. The van der Waals surface area contributed by atoms with E-state index in [9.17, 15) is 14.4 Å². The summed E-state index contributed by atoms with van der Waals surface area (Å²) < 4.78 is 16.3. The number of amides is 3. The van der Waals surface area contributed by atoms with Crippen molar-refractivity contribution in [2.24, 2.45) is 5.92 Å². The maximum atomic E-state index is 13.7. The Bertz CT molecular complexity index is 1140. The Hall–Kier alpha value is -3.59. The van der Waals surface area contributed by atoms with E-state index in [4.69, 9.17) is 14.2 Å². The van der Waals surface area contributed by atoms with Gasteiger partial charge in [-0.25, -0.2) is 0 Å². The van der Waals surface area contributed by atoms with Crippen molar-refractivity contribution in [1.29, 1.82) is 0 Å². The summed E-state index contributed by atoms with van der Waals surface area (Å²) >= 11 is 0. The lowest BCUT2D eigenvalue weighted by atomic mass is 10.0. The molecular weight excluding hydrogens is 438 g/mol. The summed E-state index contributed by atoms with van der Waals surface area (Å²) in [5, 5.41) is 2.96. The van der Waals surface area contributed by atoms with Crippen LogP contribution in [0.1, 0.15) is 45.3 Å². The van der Waals surface area contributed by atoms with E-state index in [1.165, 1.54) is 19.1 Å². The molecule has 5 rings (SSSR count). The van der Waals surface area contributed by atoms with Gasteiger partial charge in [0.25, 0.3) is 11.8 Å². The summed E-state index contributed by atoms with van der Waals surface area (Å²) in [7, 11) is 2.98. The van der Waals surface area contributed by atoms with Gasteiger partial charge in [-0.05, 0) is 37.0 Å². The SMILES string of the molecule is COc1ccc2c(c1OC)C(=O)N1c3ccccc3C(=O)N(CC(=O)NCC3CCOCC3)[C@H]21. The summed E-state index contributed by atoms with van der Waals surface area (Å²) in [4.78, 5) is 43.1. The molecular formula is C25H27N3O6. The van der Waals surface area contributed by atoms with Gasteiger partial charge in [0.15, 0.2) is 11.5 Å². The highest BCUT2D eigenvalue weighted by Crippen LogP contribution is 2.49. The molecule has 0 spiro atoms. The minimum absolute atomic E-state index is 0.168. The van der Waals surface area contributed by atoms with E-state index >= 15 is 0 Å². The molecule has 3 amide bonds. The molecule has 1 N–H and O–H groups in total. The second-order valence-corrected chi connectivity index (χ2v) is 8.62. The van der Waals surface area contributed by atoms with E-state index in [1.54, 1.807) is 41.3 Å². The standard InChI is InChI=1S/C25H27N3O6/c1-32-19-8-7-17-21(22(19)33-2)25(31)28-18-6-4-3-5-16(18)24(30)27(23(17)28)14-20(29)26-13-15-9-11-34-12-10-15/h3-8,15,23H,9-14H2,1-2H3,(H,26,29)/t23-/m0/s1. The second-order valence-electron chi connectivity index (χ2n) is 8.62. The van der Waals surface area contributed by atoms with Crippen LogP contribution >= 0.6 is 0 Å². The Morgan fingerprint density at radius 1 is 1.06 bits per heavy atom. The van der Waals surface area contributed by atoms with Crippen LogP contribution < -0.4 is 19.7 Å². The van der Waals surface area contributed by atoms with Gasteiger partial charge in [0.2, 0.25) is 5.91 Å². The van der Waals surface area contributed by atoms with E-state index in [0.29, 0.717) is 59.6 Å². The van der Waals surface area contributed by atoms with Gasteiger partial charge in [-0.2, -0.15) is 0 Å². The fourth-order valence-corrected chi connectivity index (χ4v) is 5.00. The summed E-state index contributed by atoms with van der Waals surface area (Å²) in [6.45, 7) is 1.76. The molecule has 0 radical (unpaired) electrons. The highest BCUT2D eigenvalue weighted by molar-refractivity contribution is 6.18. The average molecular weight is 466 g/mol. The molecule has 0 aromatic heterocycles. The first-order valence-corrected chi connectivity index (χ1v) is 11.4. The lowest BCUT2D eigenvalue weighted by Gasteiger charge is -2.40. The van der Waals surface area contributed by atoms with Gasteiger partial charge < -0.3 is 24.4 Å². The van der Waals surface area contributed by atoms with E-state index in [-0.39, 0.29) is 24.3 Å². The van der Waals surface area contributed by atoms with Crippen molar-refractivity contribution in [3.63, 3.8) is 0 Å². The molecule has 1 atom stereocenters. The predicted octanol–water partition coefficient (Wildman–Crippen LogP) is 2.36. The third-order valence-electron chi connectivity index (χ3n) is 6.73. The maximum absolute atomic E-state index is 13.7. The number of methoxy groups -OCH3 is 2. The zero-order chi connectivity index (χ0) is 23.8. The number of nitrogens with one attached hydrogen (secondary N) is 1. The van der Waals surface area contributed by atoms with Gasteiger partial charge in [-0.15, -0.1) is 0 Å². The molecule has 0 bridgehead atoms. The van der Waals surface area contributed by atoms with Crippen molar-refractivity contribution in [2.75, 3.05) is 45.4 Å². The Balaban J connectivity index is 1.50. The monoisotopic (exact) mass is 465 g/mol. The number of nitrogens with zero attached hydrogens (tertiary/aromatic N) is 2. The number of fused-ring (bicyclic) bond motifs is 5. The van der Waals surface area contributed by atoms with E-state index < -0.39 is 6.17 Å². The maximum Gasteiger partial charge on any atom is 0.264 e. The number of carbonyl (C=O) groups excluding carboxylic acids is 3. The van der Waals surface area contributed by atoms with Gasteiger partial charge in [-0.3, -0.25) is 19.3 Å². The van der Waals surface area contributed by atoms with E-state index in [0.717, 1.165) is 12.8 Å². The Morgan fingerprint density at radius 2 is 1.82 bits per heavy atom. The van der Waals surface area contributed by atoms with Crippen molar-refractivity contribution in [3.05, 3.63) is 53.1 Å². The van der Waals surface area contributed by atoms with Crippen LogP contribution in [0.15, 0.2) is 36.4 Å². The molecule has 3 heterocycles. The molecule has 0 saturated carbocycles.